The van der Waals surface area contributed by atoms with Gasteiger partial charge in [0.25, 0.3) is 0 Å². The van der Waals surface area contributed by atoms with Crippen LogP contribution in [0.3, 0.4) is 0 Å². The van der Waals surface area contributed by atoms with E-state index in [1.807, 2.05) is 0 Å². The molecule has 1 aromatic heterocycles. The van der Waals surface area contributed by atoms with Crippen LogP contribution in [0.15, 0.2) is 0 Å². The SMILES string of the molecule is Cl.N#Cc1nc2c(s1)CCNCC2. The molecule has 0 unspecified atom stereocenters. The van der Waals surface area contributed by atoms with Crippen LogP contribution in [0.1, 0.15) is 15.6 Å². The molecule has 1 aromatic rings. The third-order valence-electron chi connectivity index (χ3n) is 1.94. The zero-order valence-electron chi connectivity index (χ0n) is 7.04. The molecule has 0 aromatic carbocycles. The Balaban J connectivity index is 0.000000845. The first-order chi connectivity index (χ1) is 5.90. The molecule has 0 saturated heterocycles. The molecule has 0 fully saturated rings. The number of fused-ring (bicyclic) bond motifs is 1. The second-order valence-electron chi connectivity index (χ2n) is 2.75. The van der Waals surface area contributed by atoms with Crippen LogP contribution >= 0.6 is 23.7 Å². The van der Waals surface area contributed by atoms with E-state index in [-0.39, 0.29) is 12.4 Å². The lowest BCUT2D eigenvalue weighted by atomic mass is 10.2. The van der Waals surface area contributed by atoms with Crippen LogP contribution in [0, 0.1) is 11.3 Å². The summed E-state index contributed by atoms with van der Waals surface area (Å²) in [5, 5.41) is 12.6. The van der Waals surface area contributed by atoms with Crippen LogP contribution in [0.4, 0.5) is 0 Å². The van der Waals surface area contributed by atoms with Crippen molar-refractivity contribution in [3.63, 3.8) is 0 Å². The molecule has 2 heterocycles. The third-order valence-corrected chi connectivity index (χ3v) is 3.00. The first-order valence-electron chi connectivity index (χ1n) is 3.99. The topological polar surface area (TPSA) is 48.7 Å². The van der Waals surface area contributed by atoms with E-state index in [9.17, 15) is 0 Å². The first-order valence-corrected chi connectivity index (χ1v) is 4.81. The van der Waals surface area contributed by atoms with E-state index in [4.69, 9.17) is 5.26 Å². The molecule has 0 aliphatic carbocycles. The molecule has 1 aliphatic rings. The molecule has 0 radical (unpaired) electrons. The fourth-order valence-electron chi connectivity index (χ4n) is 1.36. The minimum Gasteiger partial charge on any atom is -0.316 e. The van der Waals surface area contributed by atoms with Gasteiger partial charge in [0.1, 0.15) is 6.07 Å². The molecule has 13 heavy (non-hydrogen) atoms. The zero-order valence-corrected chi connectivity index (χ0v) is 8.67. The Morgan fingerprint density at radius 2 is 2.15 bits per heavy atom. The first kappa shape index (κ1) is 10.5. The number of hydrogen-bond donors (Lipinski definition) is 1. The number of thiazole rings is 1. The van der Waals surface area contributed by atoms with E-state index < -0.39 is 0 Å². The minimum absolute atomic E-state index is 0. The van der Waals surface area contributed by atoms with Gasteiger partial charge in [-0.25, -0.2) is 4.98 Å². The van der Waals surface area contributed by atoms with Crippen molar-refractivity contribution in [2.75, 3.05) is 13.1 Å². The maximum absolute atomic E-state index is 8.64. The predicted molar refractivity (Wildman–Crippen MR) is 54.4 cm³/mol. The summed E-state index contributed by atoms with van der Waals surface area (Å²) < 4.78 is 0. The van der Waals surface area contributed by atoms with Crippen LogP contribution in [0.5, 0.6) is 0 Å². The highest BCUT2D eigenvalue weighted by atomic mass is 35.5. The van der Waals surface area contributed by atoms with Crippen LogP contribution in [0.25, 0.3) is 0 Å². The molecule has 70 valence electrons. The summed E-state index contributed by atoms with van der Waals surface area (Å²) in [6.45, 7) is 2.00. The van der Waals surface area contributed by atoms with E-state index in [1.54, 1.807) is 0 Å². The van der Waals surface area contributed by atoms with Gasteiger partial charge in [0.05, 0.1) is 5.69 Å². The number of rotatable bonds is 0. The molecular formula is C8H10ClN3S. The van der Waals surface area contributed by atoms with Gasteiger partial charge in [-0.1, -0.05) is 0 Å². The van der Waals surface area contributed by atoms with Gasteiger partial charge in [-0.3, -0.25) is 0 Å². The highest BCUT2D eigenvalue weighted by molar-refractivity contribution is 7.12. The van der Waals surface area contributed by atoms with Gasteiger partial charge in [0.2, 0.25) is 0 Å². The van der Waals surface area contributed by atoms with E-state index in [0.717, 1.165) is 31.6 Å². The quantitative estimate of drug-likeness (QED) is 0.706. The summed E-state index contributed by atoms with van der Waals surface area (Å²) in [7, 11) is 0. The molecule has 2 rings (SSSR count). The maximum Gasteiger partial charge on any atom is 0.194 e. The van der Waals surface area contributed by atoms with Gasteiger partial charge in [0, 0.05) is 24.4 Å². The van der Waals surface area contributed by atoms with Crippen LogP contribution in [-0.2, 0) is 12.8 Å². The second kappa shape index (κ2) is 4.56. The molecule has 1 aliphatic heterocycles. The highest BCUT2D eigenvalue weighted by Gasteiger charge is 2.12. The second-order valence-corrected chi connectivity index (χ2v) is 3.83. The number of nitrogens with zero attached hydrogens (tertiary/aromatic N) is 2. The van der Waals surface area contributed by atoms with Gasteiger partial charge in [0.15, 0.2) is 5.01 Å². The third kappa shape index (κ3) is 2.19. The largest absolute Gasteiger partial charge is 0.316 e. The number of nitriles is 1. The predicted octanol–water partition coefficient (Wildman–Crippen LogP) is 1.12. The van der Waals surface area contributed by atoms with Gasteiger partial charge in [-0.15, -0.1) is 23.7 Å². The van der Waals surface area contributed by atoms with Crippen LogP contribution in [-0.4, -0.2) is 18.1 Å². The molecule has 0 amide bonds. The average molecular weight is 216 g/mol. The molecule has 3 nitrogen and oxygen atoms in total. The summed E-state index contributed by atoms with van der Waals surface area (Å²) in [4.78, 5) is 5.54. The maximum atomic E-state index is 8.64. The Bertz CT molecular complexity index is 305. The molecule has 5 heteroatoms. The molecule has 0 saturated carbocycles. The lowest BCUT2D eigenvalue weighted by molar-refractivity contribution is 0.708. The van der Waals surface area contributed by atoms with Crippen molar-refractivity contribution in [2.24, 2.45) is 0 Å². The number of aromatic nitrogens is 1. The Morgan fingerprint density at radius 3 is 2.92 bits per heavy atom. The molecule has 0 atom stereocenters. The van der Waals surface area contributed by atoms with Crippen molar-refractivity contribution in [2.45, 2.75) is 12.8 Å². The summed E-state index contributed by atoms with van der Waals surface area (Å²) in [5.41, 5.74) is 1.13. The average Bonchev–Trinajstić information content (AvgIpc) is 2.37. The van der Waals surface area contributed by atoms with E-state index in [2.05, 4.69) is 16.4 Å². The summed E-state index contributed by atoms with van der Waals surface area (Å²) in [6, 6.07) is 2.09. The van der Waals surface area contributed by atoms with Crippen molar-refractivity contribution in [1.82, 2.24) is 10.3 Å². The molecule has 0 spiro atoms. The van der Waals surface area contributed by atoms with Crippen molar-refractivity contribution in [1.29, 1.82) is 5.26 Å². The zero-order chi connectivity index (χ0) is 8.39. The number of halogens is 1. The summed E-state index contributed by atoms with van der Waals surface area (Å²) in [5.74, 6) is 0. The lowest BCUT2D eigenvalue weighted by Gasteiger charge is -1.93. The van der Waals surface area contributed by atoms with Crippen LogP contribution < -0.4 is 5.32 Å². The minimum atomic E-state index is 0. The molecule has 1 N–H and O–H groups in total. The normalized spacial score (nSPS) is 15.0. The van der Waals surface area contributed by atoms with Gasteiger partial charge >= 0.3 is 0 Å². The van der Waals surface area contributed by atoms with Crippen molar-refractivity contribution in [3.05, 3.63) is 15.6 Å². The monoisotopic (exact) mass is 215 g/mol. The fraction of sp³-hybridized carbons (Fsp3) is 0.500. The Hall–Kier alpha value is -0.630. The highest BCUT2D eigenvalue weighted by Crippen LogP contribution is 2.19. The Morgan fingerprint density at radius 1 is 1.38 bits per heavy atom. The smallest absolute Gasteiger partial charge is 0.194 e. The number of nitrogens with one attached hydrogen (secondary N) is 1. The Labute approximate surface area is 87.2 Å². The van der Waals surface area contributed by atoms with Crippen molar-refractivity contribution >= 4 is 23.7 Å². The fourth-order valence-corrected chi connectivity index (χ4v) is 2.26. The van der Waals surface area contributed by atoms with Gasteiger partial charge in [-0.05, 0) is 6.42 Å². The van der Waals surface area contributed by atoms with Gasteiger partial charge in [-0.2, -0.15) is 5.26 Å². The standard InChI is InChI=1S/C8H9N3S.ClH/c9-5-8-11-6-1-3-10-4-2-7(6)12-8;/h10H,1-4H2;1H. The van der Waals surface area contributed by atoms with E-state index in [0.29, 0.717) is 5.01 Å². The Kier molecular flexibility index (Phi) is 3.67. The lowest BCUT2D eigenvalue weighted by Crippen LogP contribution is -2.16. The molecule has 0 bridgehead atoms. The van der Waals surface area contributed by atoms with Crippen molar-refractivity contribution in [3.8, 4) is 6.07 Å². The summed E-state index contributed by atoms with van der Waals surface area (Å²) >= 11 is 1.54. The molecular weight excluding hydrogens is 206 g/mol. The van der Waals surface area contributed by atoms with E-state index in [1.165, 1.54) is 16.2 Å². The number of hydrogen-bond acceptors (Lipinski definition) is 4. The summed E-state index contributed by atoms with van der Waals surface area (Å²) in [6.07, 6.45) is 1.99. The van der Waals surface area contributed by atoms with E-state index >= 15 is 0 Å². The van der Waals surface area contributed by atoms with Crippen molar-refractivity contribution < 1.29 is 0 Å². The van der Waals surface area contributed by atoms with Gasteiger partial charge < -0.3 is 5.32 Å². The van der Waals surface area contributed by atoms with Crippen LogP contribution in [0.2, 0.25) is 0 Å².